The zero-order chi connectivity index (χ0) is 23.8. The monoisotopic (exact) mass is 501 g/mol. The minimum absolute atomic E-state index is 0.0353. The lowest BCUT2D eigenvalue weighted by atomic mass is 9.77. The van der Waals surface area contributed by atoms with E-state index in [1.807, 2.05) is 0 Å². The van der Waals surface area contributed by atoms with E-state index in [0.717, 1.165) is 50.8 Å². The summed E-state index contributed by atoms with van der Waals surface area (Å²) in [5, 5.41) is 0. The molecule has 3 heterocycles. The Morgan fingerprint density at radius 1 is 1.09 bits per heavy atom. The molecule has 3 atom stereocenters. The molecule has 0 aromatic heterocycles. The maximum atomic E-state index is 13.3. The van der Waals surface area contributed by atoms with Crippen molar-refractivity contribution in [3.8, 4) is 11.5 Å². The maximum Gasteiger partial charge on any atom is 0.214 e. The first-order valence-electron chi connectivity index (χ1n) is 11.6. The third kappa shape index (κ3) is 5.32. The minimum atomic E-state index is -3.47. The Morgan fingerprint density at radius 2 is 1.82 bits per heavy atom. The quantitative estimate of drug-likeness (QED) is 0.536. The summed E-state index contributed by atoms with van der Waals surface area (Å²) in [6, 6.07) is 4.23. The number of piperidine rings is 2. The number of methoxy groups -OCH3 is 2. The van der Waals surface area contributed by atoms with Gasteiger partial charge in [0.25, 0.3) is 0 Å². The summed E-state index contributed by atoms with van der Waals surface area (Å²) in [7, 11) is -3.52. The van der Waals surface area contributed by atoms with Crippen molar-refractivity contribution < 1.29 is 26.3 Å². The molecular formula is C22H35N3O6S2. The van der Waals surface area contributed by atoms with Crippen molar-refractivity contribution in [1.82, 2.24) is 13.9 Å². The topological polar surface area (TPSA) is 105 Å². The van der Waals surface area contributed by atoms with E-state index in [9.17, 15) is 16.8 Å². The van der Waals surface area contributed by atoms with Gasteiger partial charge in [-0.2, -0.15) is 4.31 Å². The van der Waals surface area contributed by atoms with Gasteiger partial charge in [-0.3, -0.25) is 4.90 Å². The zero-order valence-electron chi connectivity index (χ0n) is 19.6. The summed E-state index contributed by atoms with van der Waals surface area (Å²) >= 11 is 0. The molecule has 2 saturated heterocycles. The van der Waals surface area contributed by atoms with E-state index in [-0.39, 0.29) is 30.8 Å². The summed E-state index contributed by atoms with van der Waals surface area (Å²) in [6.45, 7) is 2.52. The standard InChI is InChI=1S/C22H35N3O6S2/c1-30-21-12-16-7-10-24-15-17-6-4-9-25(33(28,29)11-5-8-23-32(3,26)27)19(17)14-20(24)18(16)13-22(21)31-2/h12-13,17,19-20,23H,4-11,14-15H2,1-3H3/t17-,19+,20+/m1/s1. The van der Waals surface area contributed by atoms with Gasteiger partial charge in [0.1, 0.15) is 0 Å². The Balaban J connectivity index is 1.54. The second kappa shape index (κ2) is 9.69. The van der Waals surface area contributed by atoms with Gasteiger partial charge in [-0.05, 0) is 61.3 Å². The van der Waals surface area contributed by atoms with Crippen molar-refractivity contribution in [2.24, 2.45) is 5.92 Å². The van der Waals surface area contributed by atoms with Gasteiger partial charge < -0.3 is 9.47 Å². The van der Waals surface area contributed by atoms with Crippen molar-refractivity contribution in [3.05, 3.63) is 23.3 Å². The van der Waals surface area contributed by atoms with Gasteiger partial charge in [0.2, 0.25) is 20.0 Å². The molecule has 1 aromatic rings. The predicted octanol–water partition coefficient (Wildman–Crippen LogP) is 1.36. The minimum Gasteiger partial charge on any atom is -0.493 e. The Labute approximate surface area is 197 Å². The van der Waals surface area contributed by atoms with Crippen LogP contribution >= 0.6 is 0 Å². The Morgan fingerprint density at radius 3 is 2.52 bits per heavy atom. The van der Waals surface area contributed by atoms with Gasteiger partial charge in [-0.1, -0.05) is 0 Å². The van der Waals surface area contributed by atoms with Crippen LogP contribution in [-0.2, 0) is 26.5 Å². The predicted molar refractivity (Wildman–Crippen MR) is 127 cm³/mol. The summed E-state index contributed by atoms with van der Waals surface area (Å²) in [5.74, 6) is 1.70. The maximum absolute atomic E-state index is 13.3. The fourth-order valence-corrected chi connectivity index (χ4v) is 8.04. The lowest BCUT2D eigenvalue weighted by Crippen LogP contribution is -2.57. The van der Waals surface area contributed by atoms with Gasteiger partial charge in [-0.25, -0.2) is 21.6 Å². The highest BCUT2D eigenvalue weighted by Gasteiger charge is 2.45. The SMILES string of the molecule is COc1cc2c(cc1OC)[C@@H]1C[C@H]3[C@H](CCCN3S(=O)(=O)CCCNS(C)(=O)=O)CN1CC2. The van der Waals surface area contributed by atoms with Gasteiger partial charge in [0, 0.05) is 38.3 Å². The van der Waals surface area contributed by atoms with Crippen molar-refractivity contribution in [2.45, 2.75) is 44.2 Å². The summed E-state index contributed by atoms with van der Waals surface area (Å²) in [5.41, 5.74) is 2.45. The average molecular weight is 502 g/mol. The molecule has 0 amide bonds. The second-order valence-corrected chi connectivity index (χ2v) is 13.2. The van der Waals surface area contributed by atoms with E-state index in [4.69, 9.17) is 9.47 Å². The lowest BCUT2D eigenvalue weighted by Gasteiger charge is -2.51. The number of hydrogen-bond acceptors (Lipinski definition) is 7. The van der Waals surface area contributed by atoms with Crippen LogP contribution in [0.4, 0.5) is 0 Å². The number of nitrogens with zero attached hydrogens (tertiary/aromatic N) is 2. The van der Waals surface area contributed by atoms with Crippen molar-refractivity contribution >= 4 is 20.0 Å². The van der Waals surface area contributed by atoms with Gasteiger partial charge in [-0.15, -0.1) is 0 Å². The molecule has 3 aliphatic heterocycles. The third-order valence-electron chi connectivity index (χ3n) is 7.22. The molecule has 0 radical (unpaired) electrons. The third-order valence-corrected chi connectivity index (χ3v) is 9.92. The summed E-state index contributed by atoms with van der Waals surface area (Å²) in [6.07, 6.45) is 4.94. The molecular weight excluding hydrogens is 466 g/mol. The molecule has 1 N–H and O–H groups in total. The number of ether oxygens (including phenoxy) is 2. The van der Waals surface area contributed by atoms with Crippen LogP contribution in [0.3, 0.4) is 0 Å². The highest BCUT2D eigenvalue weighted by molar-refractivity contribution is 7.89. The van der Waals surface area contributed by atoms with Gasteiger partial charge in [0.05, 0.1) is 26.2 Å². The zero-order valence-corrected chi connectivity index (χ0v) is 21.3. The molecule has 11 heteroatoms. The van der Waals surface area contributed by atoms with Gasteiger partial charge in [0.15, 0.2) is 11.5 Å². The second-order valence-electron chi connectivity index (χ2n) is 9.32. The van der Waals surface area contributed by atoms with Crippen molar-refractivity contribution in [3.63, 3.8) is 0 Å². The number of benzene rings is 1. The largest absolute Gasteiger partial charge is 0.493 e. The van der Waals surface area contributed by atoms with Crippen LogP contribution < -0.4 is 14.2 Å². The highest BCUT2D eigenvalue weighted by atomic mass is 32.2. The first kappa shape index (κ1) is 24.7. The molecule has 3 aliphatic rings. The van der Waals surface area contributed by atoms with Crippen molar-refractivity contribution in [1.29, 1.82) is 0 Å². The molecule has 0 spiro atoms. The van der Waals surface area contributed by atoms with E-state index in [2.05, 4.69) is 21.8 Å². The van der Waals surface area contributed by atoms with Crippen LogP contribution in [-0.4, -0.2) is 84.5 Å². The Hall–Kier alpha value is -1.40. The molecule has 2 fully saturated rings. The van der Waals surface area contributed by atoms with E-state index in [0.29, 0.717) is 18.2 Å². The summed E-state index contributed by atoms with van der Waals surface area (Å²) < 4.78 is 64.2. The normalized spacial score (nSPS) is 26.2. The molecule has 0 unspecified atom stereocenters. The van der Waals surface area contributed by atoms with Crippen LogP contribution in [0.1, 0.15) is 42.9 Å². The smallest absolute Gasteiger partial charge is 0.214 e. The van der Waals surface area contributed by atoms with E-state index >= 15 is 0 Å². The fraction of sp³-hybridized carbons (Fsp3) is 0.727. The van der Waals surface area contributed by atoms with Crippen LogP contribution in [0, 0.1) is 5.92 Å². The highest BCUT2D eigenvalue weighted by Crippen LogP contribution is 2.46. The van der Waals surface area contributed by atoms with E-state index in [1.54, 1.807) is 18.5 Å². The van der Waals surface area contributed by atoms with Crippen molar-refractivity contribution in [2.75, 3.05) is 52.4 Å². The number of nitrogens with one attached hydrogen (secondary N) is 1. The summed E-state index contributed by atoms with van der Waals surface area (Å²) in [4.78, 5) is 2.50. The molecule has 4 rings (SSSR count). The Bertz CT molecular complexity index is 1080. The van der Waals surface area contributed by atoms with Crippen LogP contribution in [0.5, 0.6) is 11.5 Å². The van der Waals surface area contributed by atoms with Crippen LogP contribution in [0.25, 0.3) is 0 Å². The molecule has 1 aromatic carbocycles. The fourth-order valence-electron chi connectivity index (χ4n) is 5.71. The molecule has 0 bridgehead atoms. The average Bonchev–Trinajstić information content (AvgIpc) is 2.78. The first-order valence-corrected chi connectivity index (χ1v) is 15.1. The lowest BCUT2D eigenvalue weighted by molar-refractivity contribution is 0.0218. The first-order chi connectivity index (χ1) is 15.6. The molecule has 9 nitrogen and oxygen atoms in total. The number of sulfonamides is 2. The van der Waals surface area contributed by atoms with Gasteiger partial charge >= 0.3 is 0 Å². The number of hydrogen-bond donors (Lipinski definition) is 1. The Kier molecular flexibility index (Phi) is 7.26. The molecule has 0 aliphatic carbocycles. The van der Waals surface area contributed by atoms with E-state index in [1.165, 1.54) is 11.1 Å². The van der Waals surface area contributed by atoms with E-state index < -0.39 is 20.0 Å². The van der Waals surface area contributed by atoms with Crippen LogP contribution in [0.15, 0.2) is 12.1 Å². The van der Waals surface area contributed by atoms with Crippen LogP contribution in [0.2, 0.25) is 0 Å². The molecule has 33 heavy (non-hydrogen) atoms. The molecule has 186 valence electrons. The number of rotatable bonds is 8. The molecule has 0 saturated carbocycles. The number of fused-ring (bicyclic) bond motifs is 4.